The number of nitrogens with one attached hydrogen (secondary N) is 1. The summed E-state index contributed by atoms with van der Waals surface area (Å²) in [5, 5.41) is 13.5. The molecule has 4 aromatic rings. The van der Waals surface area contributed by atoms with Gasteiger partial charge in [0, 0.05) is 24.0 Å². The van der Waals surface area contributed by atoms with Gasteiger partial charge in [-0.15, -0.1) is 5.10 Å². The van der Waals surface area contributed by atoms with Crippen molar-refractivity contribution in [3.05, 3.63) is 87.0 Å². The van der Waals surface area contributed by atoms with Gasteiger partial charge in [0.25, 0.3) is 5.56 Å². The molecule has 172 valence electrons. The Morgan fingerprint density at radius 3 is 2.45 bits per heavy atom. The fourth-order valence-electron chi connectivity index (χ4n) is 4.15. The zero-order valence-electron chi connectivity index (χ0n) is 20.1. The average molecular weight is 445 g/mol. The van der Waals surface area contributed by atoms with Gasteiger partial charge in [0.05, 0.1) is 17.6 Å². The Hall–Kier alpha value is -3.32. The summed E-state index contributed by atoms with van der Waals surface area (Å²) < 4.78 is 1.86. The van der Waals surface area contributed by atoms with Crippen LogP contribution in [0.2, 0.25) is 0 Å². The number of rotatable bonds is 7. The predicted molar refractivity (Wildman–Crippen MR) is 131 cm³/mol. The minimum Gasteiger partial charge on any atom is -0.321 e. The third-order valence-electron chi connectivity index (χ3n) is 6.01. The first-order valence-electron chi connectivity index (χ1n) is 11.4. The summed E-state index contributed by atoms with van der Waals surface area (Å²) in [6.07, 6.45) is 0.877. The average Bonchev–Trinajstić information content (AvgIpc) is 3.25. The van der Waals surface area contributed by atoms with E-state index in [2.05, 4.69) is 83.4 Å². The van der Waals surface area contributed by atoms with Crippen molar-refractivity contribution in [3.8, 4) is 0 Å². The number of H-pyrrole nitrogens is 1. The van der Waals surface area contributed by atoms with Gasteiger partial charge in [0.1, 0.15) is 0 Å². The molecule has 0 amide bonds. The van der Waals surface area contributed by atoms with E-state index in [-0.39, 0.29) is 11.1 Å². The number of aromatic amines is 1. The van der Waals surface area contributed by atoms with E-state index in [0.717, 1.165) is 46.4 Å². The quantitative estimate of drug-likeness (QED) is 0.464. The van der Waals surface area contributed by atoms with Crippen molar-refractivity contribution < 1.29 is 0 Å². The molecule has 0 aliphatic rings. The van der Waals surface area contributed by atoms with Crippen molar-refractivity contribution in [1.29, 1.82) is 0 Å². The maximum Gasteiger partial charge on any atom is 0.252 e. The van der Waals surface area contributed by atoms with Gasteiger partial charge in [-0.3, -0.25) is 9.69 Å². The summed E-state index contributed by atoms with van der Waals surface area (Å²) in [4.78, 5) is 18.4. The SMILES string of the molecule is Cc1ccc(C)c2[nH]c(=O)c(CN(CCc3ccccc3)Cc3nnnn3C(C)(C)C)cc12. The Balaban J connectivity index is 1.66. The standard InChI is InChI=1S/C26H32N6O/c1-18-11-12-19(2)24-22(18)15-21(25(33)27-24)16-31(14-13-20-9-7-6-8-10-20)17-23-28-29-30-32(23)26(3,4)5/h6-12,15H,13-14,16-17H2,1-5H3,(H,27,33). The summed E-state index contributed by atoms with van der Waals surface area (Å²) in [7, 11) is 0. The van der Waals surface area contributed by atoms with E-state index < -0.39 is 0 Å². The zero-order chi connectivity index (χ0) is 23.6. The molecule has 2 heterocycles. The minimum atomic E-state index is -0.223. The third-order valence-corrected chi connectivity index (χ3v) is 6.01. The Bertz CT molecular complexity index is 1300. The molecule has 0 atom stereocenters. The van der Waals surface area contributed by atoms with Gasteiger partial charge < -0.3 is 4.98 Å². The van der Waals surface area contributed by atoms with Gasteiger partial charge in [-0.1, -0.05) is 42.5 Å². The lowest BCUT2D eigenvalue weighted by atomic mass is 10.0. The number of aryl methyl sites for hydroxylation is 2. The maximum atomic E-state index is 13.0. The molecule has 0 spiro atoms. The second-order valence-electron chi connectivity index (χ2n) is 9.74. The van der Waals surface area contributed by atoms with Crippen LogP contribution >= 0.6 is 0 Å². The van der Waals surface area contributed by atoms with Gasteiger partial charge in [-0.05, 0) is 74.2 Å². The first-order chi connectivity index (χ1) is 15.7. The fourth-order valence-corrected chi connectivity index (χ4v) is 4.15. The Morgan fingerprint density at radius 2 is 1.73 bits per heavy atom. The lowest BCUT2D eigenvalue weighted by Gasteiger charge is -2.25. The number of hydrogen-bond donors (Lipinski definition) is 1. The number of nitrogens with zero attached hydrogens (tertiary/aromatic N) is 5. The predicted octanol–water partition coefficient (Wildman–Crippen LogP) is 4.13. The summed E-state index contributed by atoms with van der Waals surface area (Å²) in [6, 6.07) is 16.6. The smallest absolute Gasteiger partial charge is 0.252 e. The van der Waals surface area contributed by atoms with Gasteiger partial charge in [-0.2, -0.15) is 0 Å². The molecule has 0 fully saturated rings. The molecule has 0 radical (unpaired) electrons. The molecule has 4 rings (SSSR count). The Kier molecular flexibility index (Phi) is 6.42. The highest BCUT2D eigenvalue weighted by Crippen LogP contribution is 2.21. The van der Waals surface area contributed by atoms with Crippen LogP contribution in [-0.4, -0.2) is 36.6 Å². The van der Waals surface area contributed by atoms with Crippen LogP contribution in [0.4, 0.5) is 0 Å². The Morgan fingerprint density at radius 1 is 1.00 bits per heavy atom. The number of fused-ring (bicyclic) bond motifs is 1. The summed E-state index contributed by atoms with van der Waals surface area (Å²) in [5.74, 6) is 0.791. The number of hydrogen-bond acceptors (Lipinski definition) is 5. The van der Waals surface area contributed by atoms with Crippen LogP contribution in [-0.2, 0) is 25.0 Å². The van der Waals surface area contributed by atoms with Crippen LogP contribution < -0.4 is 5.56 Å². The molecule has 2 aromatic heterocycles. The first-order valence-corrected chi connectivity index (χ1v) is 11.4. The van der Waals surface area contributed by atoms with Crippen LogP contribution in [0.5, 0.6) is 0 Å². The number of benzene rings is 2. The monoisotopic (exact) mass is 444 g/mol. The Labute approximate surface area is 194 Å². The lowest BCUT2D eigenvalue weighted by molar-refractivity contribution is 0.234. The van der Waals surface area contributed by atoms with Crippen molar-refractivity contribution >= 4 is 10.9 Å². The molecule has 33 heavy (non-hydrogen) atoms. The number of pyridine rings is 1. The zero-order valence-corrected chi connectivity index (χ0v) is 20.1. The second kappa shape index (κ2) is 9.27. The molecule has 0 saturated carbocycles. The van der Waals surface area contributed by atoms with Crippen molar-refractivity contribution in [2.75, 3.05) is 6.54 Å². The van der Waals surface area contributed by atoms with E-state index in [4.69, 9.17) is 0 Å². The van der Waals surface area contributed by atoms with Gasteiger partial charge in [-0.25, -0.2) is 4.68 Å². The normalized spacial score (nSPS) is 12.1. The van der Waals surface area contributed by atoms with Gasteiger partial charge >= 0.3 is 0 Å². The molecule has 1 N–H and O–H groups in total. The van der Waals surface area contributed by atoms with Crippen LogP contribution in [0.15, 0.2) is 53.3 Å². The van der Waals surface area contributed by atoms with Crippen molar-refractivity contribution in [1.82, 2.24) is 30.1 Å². The number of aromatic nitrogens is 5. The molecule has 0 unspecified atom stereocenters. The largest absolute Gasteiger partial charge is 0.321 e. The molecule has 7 heteroatoms. The molecular weight excluding hydrogens is 412 g/mol. The van der Waals surface area contributed by atoms with Crippen LogP contribution in [0.25, 0.3) is 10.9 Å². The second-order valence-corrected chi connectivity index (χ2v) is 9.74. The summed E-state index contributed by atoms with van der Waals surface area (Å²) >= 11 is 0. The van der Waals surface area contributed by atoms with Crippen molar-refractivity contribution in [2.24, 2.45) is 0 Å². The molecule has 0 aliphatic carbocycles. The van der Waals surface area contributed by atoms with Crippen molar-refractivity contribution in [3.63, 3.8) is 0 Å². The molecule has 7 nitrogen and oxygen atoms in total. The van der Waals surface area contributed by atoms with Gasteiger partial charge in [0.2, 0.25) is 0 Å². The van der Waals surface area contributed by atoms with E-state index in [1.807, 2.05) is 29.8 Å². The van der Waals surface area contributed by atoms with E-state index in [1.54, 1.807) is 0 Å². The third kappa shape index (κ3) is 5.20. The fraction of sp³-hybridized carbons (Fsp3) is 0.385. The summed E-state index contributed by atoms with van der Waals surface area (Å²) in [5.41, 5.74) is 4.88. The highest BCUT2D eigenvalue weighted by Gasteiger charge is 2.22. The molecule has 0 saturated heterocycles. The topological polar surface area (TPSA) is 79.7 Å². The highest BCUT2D eigenvalue weighted by atomic mass is 16.1. The number of tetrazole rings is 1. The van der Waals surface area contributed by atoms with Crippen LogP contribution in [0.3, 0.4) is 0 Å². The minimum absolute atomic E-state index is 0.0451. The van der Waals surface area contributed by atoms with Crippen LogP contribution in [0.1, 0.15) is 48.8 Å². The van der Waals surface area contributed by atoms with Crippen molar-refractivity contribution in [2.45, 2.75) is 59.7 Å². The maximum absolute atomic E-state index is 13.0. The van der Waals surface area contributed by atoms with E-state index in [1.165, 1.54) is 5.56 Å². The van der Waals surface area contributed by atoms with Crippen LogP contribution in [0, 0.1) is 13.8 Å². The van der Waals surface area contributed by atoms with E-state index >= 15 is 0 Å². The molecule has 2 aromatic carbocycles. The van der Waals surface area contributed by atoms with E-state index in [9.17, 15) is 4.79 Å². The highest BCUT2D eigenvalue weighted by molar-refractivity contribution is 5.85. The molecule has 0 bridgehead atoms. The molecule has 0 aliphatic heterocycles. The lowest BCUT2D eigenvalue weighted by Crippen LogP contribution is -2.32. The summed E-state index contributed by atoms with van der Waals surface area (Å²) in [6.45, 7) is 12.2. The van der Waals surface area contributed by atoms with E-state index in [0.29, 0.717) is 13.1 Å². The molecular formula is C26H32N6O. The van der Waals surface area contributed by atoms with Gasteiger partial charge in [0.15, 0.2) is 5.82 Å². The first kappa shape index (κ1) is 22.9.